The number of piperidine rings is 1. The molecule has 2 heterocycles. The summed E-state index contributed by atoms with van der Waals surface area (Å²) in [6, 6.07) is 8.72. The summed E-state index contributed by atoms with van der Waals surface area (Å²) >= 11 is 0. The number of nitrogens with zero attached hydrogens (tertiary/aromatic N) is 2. The Morgan fingerprint density at radius 1 is 1.17 bits per heavy atom. The van der Waals surface area contributed by atoms with Gasteiger partial charge in [-0.2, -0.15) is 0 Å². The number of amides is 2. The number of carbonyl (C=O) groups excluding carboxylic acids is 2. The summed E-state index contributed by atoms with van der Waals surface area (Å²) in [4.78, 5) is 29.7. The number of likely N-dealkylation sites (tertiary alicyclic amines) is 1. The second-order valence-corrected chi connectivity index (χ2v) is 9.22. The molecule has 3 fully saturated rings. The first kappa shape index (κ1) is 23.1. The van der Waals surface area contributed by atoms with Gasteiger partial charge in [0.25, 0.3) is 0 Å². The van der Waals surface area contributed by atoms with Crippen LogP contribution in [0.25, 0.3) is 0 Å². The molecule has 1 N–H and O–H groups in total. The lowest BCUT2D eigenvalue weighted by Gasteiger charge is -2.34. The van der Waals surface area contributed by atoms with Crippen LogP contribution in [0.2, 0.25) is 0 Å². The smallest absolute Gasteiger partial charge is 0.228 e. The van der Waals surface area contributed by atoms with Crippen molar-refractivity contribution in [3.8, 4) is 0 Å². The van der Waals surface area contributed by atoms with Gasteiger partial charge in [-0.25, -0.2) is 0 Å². The highest BCUT2D eigenvalue weighted by Gasteiger charge is 2.39. The zero-order valence-electron chi connectivity index (χ0n) is 18.3. The van der Waals surface area contributed by atoms with E-state index in [1.165, 1.54) is 18.4 Å². The molecule has 0 bridgehead atoms. The van der Waals surface area contributed by atoms with Crippen molar-refractivity contribution >= 4 is 29.9 Å². The summed E-state index contributed by atoms with van der Waals surface area (Å²) in [5.41, 5.74) is 2.20. The highest BCUT2D eigenvalue weighted by molar-refractivity contribution is 6.01. The van der Waals surface area contributed by atoms with E-state index >= 15 is 0 Å². The molecule has 0 spiro atoms. The van der Waals surface area contributed by atoms with Crippen LogP contribution >= 0.6 is 12.4 Å². The fourth-order valence-corrected chi connectivity index (χ4v) is 4.69. The Morgan fingerprint density at radius 2 is 1.87 bits per heavy atom. The van der Waals surface area contributed by atoms with Gasteiger partial charge < -0.3 is 15.1 Å². The number of para-hydroxylation sites is 1. The molecule has 1 aromatic rings. The Bertz CT molecular complexity index is 744. The monoisotopic (exact) mass is 433 g/mol. The summed E-state index contributed by atoms with van der Waals surface area (Å²) in [7, 11) is 0. The predicted molar refractivity (Wildman–Crippen MR) is 123 cm³/mol. The van der Waals surface area contributed by atoms with E-state index in [4.69, 9.17) is 0 Å². The molecule has 2 atom stereocenters. The molecule has 3 aliphatic rings. The number of rotatable bonds is 7. The van der Waals surface area contributed by atoms with Crippen molar-refractivity contribution in [2.45, 2.75) is 64.3 Å². The van der Waals surface area contributed by atoms with Crippen LogP contribution in [0.3, 0.4) is 0 Å². The fraction of sp³-hybridized carbons (Fsp3) is 0.667. The summed E-state index contributed by atoms with van der Waals surface area (Å²) in [5, 5.41) is 3.67. The van der Waals surface area contributed by atoms with Crippen LogP contribution in [-0.4, -0.2) is 48.9 Å². The topological polar surface area (TPSA) is 52.7 Å². The van der Waals surface area contributed by atoms with Crippen molar-refractivity contribution in [1.82, 2.24) is 10.2 Å². The van der Waals surface area contributed by atoms with E-state index in [9.17, 15) is 9.59 Å². The number of anilines is 1. The lowest BCUT2D eigenvalue weighted by molar-refractivity contribution is -0.136. The van der Waals surface area contributed by atoms with Crippen LogP contribution in [0, 0.1) is 11.8 Å². The SMILES string of the molecule is CCC(C)c1ccccc1N1CC(C(=O)N2CCC(NCC3CC3)CC2)CC1=O.Cl. The Hall–Kier alpha value is -1.59. The number of hydrogen-bond donors (Lipinski definition) is 1. The molecule has 166 valence electrons. The first-order valence-corrected chi connectivity index (χ1v) is 11.5. The number of hydrogen-bond acceptors (Lipinski definition) is 3. The molecule has 2 amide bonds. The fourth-order valence-electron chi connectivity index (χ4n) is 4.69. The van der Waals surface area contributed by atoms with Gasteiger partial charge in [-0.1, -0.05) is 32.0 Å². The quantitative estimate of drug-likeness (QED) is 0.707. The van der Waals surface area contributed by atoms with Crippen LogP contribution in [0.5, 0.6) is 0 Å². The Kier molecular flexibility index (Phi) is 7.81. The molecule has 6 heteroatoms. The third-order valence-corrected chi connectivity index (χ3v) is 7.04. The van der Waals surface area contributed by atoms with E-state index in [0.29, 0.717) is 24.9 Å². The standard InChI is InChI=1S/C24H35N3O2.ClH/c1-3-17(2)21-6-4-5-7-22(21)27-16-19(14-23(27)28)24(29)26-12-10-20(11-13-26)25-15-18-8-9-18;/h4-7,17-20,25H,3,8-16H2,1-2H3;1H. The van der Waals surface area contributed by atoms with Gasteiger partial charge in [-0.05, 0) is 62.1 Å². The van der Waals surface area contributed by atoms with E-state index in [1.54, 1.807) is 0 Å². The molecule has 2 saturated heterocycles. The number of carbonyl (C=O) groups is 2. The lowest BCUT2D eigenvalue weighted by Crippen LogP contribution is -2.47. The second kappa shape index (κ2) is 10.1. The molecule has 0 radical (unpaired) electrons. The van der Waals surface area contributed by atoms with Crippen LogP contribution in [-0.2, 0) is 9.59 Å². The van der Waals surface area contributed by atoms with Gasteiger partial charge in [0.05, 0.1) is 5.92 Å². The second-order valence-electron chi connectivity index (χ2n) is 9.22. The molecule has 1 aromatic carbocycles. The first-order valence-electron chi connectivity index (χ1n) is 11.5. The molecule has 30 heavy (non-hydrogen) atoms. The summed E-state index contributed by atoms with van der Waals surface area (Å²) in [6.45, 7) is 7.65. The van der Waals surface area contributed by atoms with Crippen molar-refractivity contribution in [2.24, 2.45) is 11.8 Å². The molecule has 2 aliphatic heterocycles. The maximum absolute atomic E-state index is 13.1. The highest BCUT2D eigenvalue weighted by atomic mass is 35.5. The number of halogens is 1. The average molecular weight is 434 g/mol. The Balaban J connectivity index is 0.00000256. The van der Waals surface area contributed by atoms with Gasteiger partial charge in [0, 0.05) is 37.8 Å². The molecule has 2 unspecified atom stereocenters. The molecular formula is C24H36ClN3O2. The van der Waals surface area contributed by atoms with E-state index in [-0.39, 0.29) is 30.1 Å². The van der Waals surface area contributed by atoms with Crippen molar-refractivity contribution in [3.63, 3.8) is 0 Å². The van der Waals surface area contributed by atoms with Crippen LogP contribution in [0.15, 0.2) is 24.3 Å². The van der Waals surface area contributed by atoms with Gasteiger partial charge in [-0.3, -0.25) is 9.59 Å². The highest BCUT2D eigenvalue weighted by Crippen LogP contribution is 2.34. The lowest BCUT2D eigenvalue weighted by atomic mass is 9.96. The van der Waals surface area contributed by atoms with Crippen molar-refractivity contribution in [3.05, 3.63) is 29.8 Å². The maximum atomic E-state index is 13.1. The van der Waals surface area contributed by atoms with E-state index in [1.807, 2.05) is 28.0 Å². The van der Waals surface area contributed by atoms with Gasteiger partial charge in [0.1, 0.15) is 0 Å². The Morgan fingerprint density at radius 3 is 2.53 bits per heavy atom. The van der Waals surface area contributed by atoms with Crippen LogP contribution < -0.4 is 10.2 Å². The zero-order chi connectivity index (χ0) is 20.4. The van der Waals surface area contributed by atoms with Crippen molar-refractivity contribution in [1.29, 1.82) is 0 Å². The molecular weight excluding hydrogens is 398 g/mol. The minimum Gasteiger partial charge on any atom is -0.342 e. The number of benzene rings is 1. The average Bonchev–Trinajstić information content (AvgIpc) is 3.51. The molecule has 0 aromatic heterocycles. The van der Waals surface area contributed by atoms with E-state index in [2.05, 4.69) is 25.2 Å². The molecule has 5 nitrogen and oxygen atoms in total. The van der Waals surface area contributed by atoms with Crippen molar-refractivity contribution < 1.29 is 9.59 Å². The Labute approximate surface area is 187 Å². The zero-order valence-corrected chi connectivity index (χ0v) is 19.1. The van der Waals surface area contributed by atoms with Crippen molar-refractivity contribution in [2.75, 3.05) is 31.1 Å². The normalized spacial score (nSPS) is 23.4. The maximum Gasteiger partial charge on any atom is 0.228 e. The van der Waals surface area contributed by atoms with Gasteiger partial charge in [0.15, 0.2) is 0 Å². The molecule has 4 rings (SSSR count). The summed E-state index contributed by atoms with van der Waals surface area (Å²) in [5.74, 6) is 1.34. The molecule has 1 aliphatic carbocycles. The largest absolute Gasteiger partial charge is 0.342 e. The van der Waals surface area contributed by atoms with Gasteiger partial charge in [0.2, 0.25) is 11.8 Å². The van der Waals surface area contributed by atoms with Crippen LogP contribution in [0.1, 0.15) is 63.9 Å². The van der Waals surface area contributed by atoms with Gasteiger partial charge in [-0.15, -0.1) is 12.4 Å². The van der Waals surface area contributed by atoms with Crippen LogP contribution in [0.4, 0.5) is 5.69 Å². The van der Waals surface area contributed by atoms with Gasteiger partial charge >= 0.3 is 0 Å². The summed E-state index contributed by atoms with van der Waals surface area (Å²) in [6.07, 6.45) is 6.17. The predicted octanol–water partition coefficient (Wildman–Crippen LogP) is 3.97. The molecule has 1 saturated carbocycles. The minimum atomic E-state index is -0.205. The van der Waals surface area contributed by atoms with E-state index in [0.717, 1.165) is 50.5 Å². The third-order valence-electron chi connectivity index (χ3n) is 7.04. The summed E-state index contributed by atoms with van der Waals surface area (Å²) < 4.78 is 0. The minimum absolute atomic E-state index is 0. The third kappa shape index (κ3) is 5.17. The van der Waals surface area contributed by atoms with E-state index < -0.39 is 0 Å². The number of nitrogens with one attached hydrogen (secondary N) is 1. The first-order chi connectivity index (χ1) is 14.1.